The maximum Gasteiger partial charge on any atom is 0.242 e. The number of H-pyrrole nitrogens is 1. The van der Waals surface area contributed by atoms with Crippen LogP contribution in [0.1, 0.15) is 26.7 Å². The van der Waals surface area contributed by atoms with Crippen LogP contribution >= 0.6 is 0 Å². The summed E-state index contributed by atoms with van der Waals surface area (Å²) in [5.41, 5.74) is 1.72. The summed E-state index contributed by atoms with van der Waals surface area (Å²) in [5, 5.41) is 14.3. The van der Waals surface area contributed by atoms with E-state index in [1.165, 1.54) is 0 Å². The van der Waals surface area contributed by atoms with Crippen LogP contribution < -0.4 is 10.6 Å². The number of benzene rings is 1. The number of aromatic amines is 1. The summed E-state index contributed by atoms with van der Waals surface area (Å²) < 4.78 is 0. The van der Waals surface area contributed by atoms with Crippen LogP contribution in [0.2, 0.25) is 0 Å². The molecule has 2 heterocycles. The van der Waals surface area contributed by atoms with Crippen molar-refractivity contribution in [3.05, 3.63) is 24.4 Å². The van der Waals surface area contributed by atoms with Gasteiger partial charge in [0.25, 0.3) is 0 Å². The molecule has 1 aliphatic rings. The van der Waals surface area contributed by atoms with Gasteiger partial charge < -0.3 is 10.6 Å². The Labute approximate surface area is 118 Å². The molecular weight excluding hydrogens is 252 g/mol. The van der Waals surface area contributed by atoms with Gasteiger partial charge in [0.1, 0.15) is 0 Å². The molecule has 0 aliphatic carbocycles. The van der Waals surface area contributed by atoms with Crippen LogP contribution in [0.5, 0.6) is 0 Å². The van der Waals surface area contributed by atoms with Crippen molar-refractivity contribution >= 4 is 22.5 Å². The highest BCUT2D eigenvalue weighted by Crippen LogP contribution is 2.30. The highest BCUT2D eigenvalue weighted by Gasteiger charge is 2.37. The molecule has 106 valence electrons. The van der Waals surface area contributed by atoms with E-state index in [-0.39, 0.29) is 17.4 Å². The van der Waals surface area contributed by atoms with E-state index in [2.05, 4.69) is 34.7 Å². The van der Waals surface area contributed by atoms with Gasteiger partial charge in [0.15, 0.2) is 0 Å². The number of fused-ring (bicyclic) bond motifs is 1. The Morgan fingerprint density at radius 3 is 3.10 bits per heavy atom. The molecule has 1 unspecified atom stereocenters. The van der Waals surface area contributed by atoms with Crippen molar-refractivity contribution in [2.24, 2.45) is 5.41 Å². The predicted molar refractivity (Wildman–Crippen MR) is 79.5 cm³/mol. The fourth-order valence-electron chi connectivity index (χ4n) is 2.89. The first-order chi connectivity index (χ1) is 9.56. The first kappa shape index (κ1) is 13.1. The summed E-state index contributed by atoms with van der Waals surface area (Å²) in [4.78, 5) is 12.5. The van der Waals surface area contributed by atoms with Gasteiger partial charge in [-0.15, -0.1) is 0 Å². The van der Waals surface area contributed by atoms with E-state index in [0.29, 0.717) is 0 Å². The number of nitrogens with zero attached hydrogens (tertiary/aromatic N) is 1. The van der Waals surface area contributed by atoms with Gasteiger partial charge in [-0.2, -0.15) is 5.10 Å². The molecule has 0 saturated carbocycles. The molecular formula is C15H20N4O. The van der Waals surface area contributed by atoms with Gasteiger partial charge in [0.2, 0.25) is 5.91 Å². The van der Waals surface area contributed by atoms with E-state index < -0.39 is 0 Å². The predicted octanol–water partition coefficient (Wildman–Crippen LogP) is 2.28. The minimum absolute atomic E-state index is 0.0135. The molecule has 3 rings (SSSR count). The fraction of sp³-hybridized carbons (Fsp3) is 0.467. The van der Waals surface area contributed by atoms with Crippen LogP contribution in [0, 0.1) is 5.41 Å². The molecule has 2 aromatic rings. The van der Waals surface area contributed by atoms with Gasteiger partial charge in [-0.3, -0.25) is 9.89 Å². The van der Waals surface area contributed by atoms with Crippen LogP contribution in [0.25, 0.3) is 10.9 Å². The second-order valence-corrected chi connectivity index (χ2v) is 6.14. The van der Waals surface area contributed by atoms with Crippen molar-refractivity contribution in [1.29, 1.82) is 0 Å². The summed E-state index contributed by atoms with van der Waals surface area (Å²) in [5.74, 6) is 0.0357. The second-order valence-electron chi connectivity index (χ2n) is 6.14. The van der Waals surface area contributed by atoms with Gasteiger partial charge in [0, 0.05) is 11.1 Å². The third kappa shape index (κ3) is 2.41. The SMILES string of the molecule is CC1(C)CCCNC1C(=O)Nc1ccc2cn[nH]c2c1. The Morgan fingerprint density at radius 2 is 2.30 bits per heavy atom. The quantitative estimate of drug-likeness (QED) is 0.785. The summed E-state index contributed by atoms with van der Waals surface area (Å²) >= 11 is 0. The van der Waals surface area contributed by atoms with Crippen molar-refractivity contribution < 1.29 is 4.79 Å². The van der Waals surface area contributed by atoms with Gasteiger partial charge in [0.05, 0.1) is 17.8 Å². The molecule has 1 aliphatic heterocycles. The van der Waals surface area contributed by atoms with Crippen molar-refractivity contribution in [1.82, 2.24) is 15.5 Å². The number of nitrogens with one attached hydrogen (secondary N) is 3. The Balaban J connectivity index is 1.77. The van der Waals surface area contributed by atoms with Crippen LogP contribution in [-0.4, -0.2) is 28.7 Å². The number of piperidine rings is 1. The first-order valence-corrected chi connectivity index (χ1v) is 7.04. The van der Waals surface area contributed by atoms with Crippen molar-refractivity contribution in [3.8, 4) is 0 Å². The Bertz CT molecular complexity index is 632. The van der Waals surface area contributed by atoms with Crippen LogP contribution in [0.3, 0.4) is 0 Å². The molecule has 5 heteroatoms. The van der Waals surface area contributed by atoms with Gasteiger partial charge in [-0.05, 0) is 43.0 Å². The first-order valence-electron chi connectivity index (χ1n) is 7.04. The van der Waals surface area contributed by atoms with Crippen molar-refractivity contribution in [3.63, 3.8) is 0 Å². The molecule has 1 fully saturated rings. The van der Waals surface area contributed by atoms with E-state index in [1.54, 1.807) is 6.20 Å². The van der Waals surface area contributed by atoms with Crippen LogP contribution in [0.4, 0.5) is 5.69 Å². The topological polar surface area (TPSA) is 69.8 Å². The molecule has 0 spiro atoms. The molecule has 1 atom stereocenters. The molecule has 1 aromatic heterocycles. The molecule has 20 heavy (non-hydrogen) atoms. The number of hydrogen-bond acceptors (Lipinski definition) is 3. The summed E-state index contributed by atoms with van der Waals surface area (Å²) in [6, 6.07) is 5.63. The molecule has 1 aromatic carbocycles. The van der Waals surface area contributed by atoms with Gasteiger partial charge in [-0.1, -0.05) is 13.8 Å². The highest BCUT2D eigenvalue weighted by atomic mass is 16.2. The van der Waals surface area contributed by atoms with E-state index >= 15 is 0 Å². The Kier molecular flexibility index (Phi) is 3.22. The normalized spacial score (nSPS) is 21.8. The van der Waals surface area contributed by atoms with Crippen molar-refractivity contribution in [2.75, 3.05) is 11.9 Å². The number of carbonyl (C=O) groups is 1. The molecule has 0 radical (unpaired) electrons. The van der Waals surface area contributed by atoms with Gasteiger partial charge in [-0.25, -0.2) is 0 Å². The zero-order chi connectivity index (χ0) is 14.2. The molecule has 1 saturated heterocycles. The maximum absolute atomic E-state index is 12.5. The number of anilines is 1. The number of hydrogen-bond donors (Lipinski definition) is 3. The van der Waals surface area contributed by atoms with E-state index in [4.69, 9.17) is 0 Å². The lowest BCUT2D eigenvalue weighted by molar-refractivity contribution is -0.121. The Morgan fingerprint density at radius 1 is 1.45 bits per heavy atom. The number of aromatic nitrogens is 2. The molecule has 0 bridgehead atoms. The summed E-state index contributed by atoms with van der Waals surface area (Å²) in [6.07, 6.45) is 3.96. The average Bonchev–Trinajstić information content (AvgIpc) is 2.85. The molecule has 3 N–H and O–H groups in total. The lowest BCUT2D eigenvalue weighted by atomic mass is 9.77. The van der Waals surface area contributed by atoms with Crippen LogP contribution in [0.15, 0.2) is 24.4 Å². The third-order valence-corrected chi connectivity index (χ3v) is 4.10. The lowest BCUT2D eigenvalue weighted by Crippen LogP contribution is -2.53. The van der Waals surface area contributed by atoms with E-state index in [0.717, 1.165) is 36.0 Å². The number of carbonyl (C=O) groups excluding carboxylic acids is 1. The zero-order valence-corrected chi connectivity index (χ0v) is 11.9. The highest BCUT2D eigenvalue weighted by molar-refractivity contribution is 5.97. The second kappa shape index (κ2) is 4.90. The molecule has 5 nitrogen and oxygen atoms in total. The standard InChI is InChI=1S/C15H20N4O/c1-15(2)6-3-7-16-13(15)14(20)18-11-5-4-10-9-17-19-12(10)8-11/h4-5,8-9,13,16H,3,6-7H2,1-2H3,(H,17,19)(H,18,20). The van der Waals surface area contributed by atoms with E-state index in [1.807, 2.05) is 18.2 Å². The van der Waals surface area contributed by atoms with E-state index in [9.17, 15) is 4.79 Å². The van der Waals surface area contributed by atoms with Gasteiger partial charge >= 0.3 is 0 Å². The Hall–Kier alpha value is -1.88. The average molecular weight is 272 g/mol. The number of rotatable bonds is 2. The van der Waals surface area contributed by atoms with Crippen LogP contribution in [-0.2, 0) is 4.79 Å². The number of amides is 1. The zero-order valence-electron chi connectivity index (χ0n) is 11.9. The smallest absolute Gasteiger partial charge is 0.242 e. The monoisotopic (exact) mass is 272 g/mol. The van der Waals surface area contributed by atoms with Crippen molar-refractivity contribution in [2.45, 2.75) is 32.7 Å². The largest absolute Gasteiger partial charge is 0.325 e. The minimum atomic E-state index is -0.145. The summed E-state index contributed by atoms with van der Waals surface area (Å²) in [6.45, 7) is 5.18. The maximum atomic E-state index is 12.5. The fourth-order valence-corrected chi connectivity index (χ4v) is 2.89. The molecule has 1 amide bonds. The third-order valence-electron chi connectivity index (χ3n) is 4.10. The minimum Gasteiger partial charge on any atom is -0.325 e. The summed E-state index contributed by atoms with van der Waals surface area (Å²) in [7, 11) is 0. The lowest BCUT2D eigenvalue weighted by Gasteiger charge is -2.38.